The molecule has 20 heavy (non-hydrogen) atoms. The lowest BCUT2D eigenvalue weighted by atomic mass is 10.1. The molecule has 0 aliphatic carbocycles. The Hall–Kier alpha value is -1.85. The fourth-order valence-corrected chi connectivity index (χ4v) is 2.42. The van der Waals surface area contributed by atoms with E-state index in [1.54, 1.807) is 24.3 Å². The Bertz CT molecular complexity index is 582. The summed E-state index contributed by atoms with van der Waals surface area (Å²) in [7, 11) is 0. The van der Waals surface area contributed by atoms with Gasteiger partial charge in [0.05, 0.1) is 12.8 Å². The van der Waals surface area contributed by atoms with E-state index in [1.165, 1.54) is 11.3 Å². The second kappa shape index (κ2) is 7.07. The zero-order chi connectivity index (χ0) is 14.4. The highest BCUT2D eigenvalue weighted by molar-refractivity contribution is 7.10. The number of carbonyl (C=O) groups excluding carboxylic acids is 2. The molecule has 1 aromatic carbocycles. The first-order chi connectivity index (χ1) is 9.63. The second-order valence-corrected chi connectivity index (χ2v) is 5.62. The molecule has 2 aromatic rings. The predicted octanol–water partition coefficient (Wildman–Crippen LogP) is 2.33. The average Bonchev–Trinajstić information content (AvgIpc) is 2.92. The van der Waals surface area contributed by atoms with E-state index in [0.717, 1.165) is 10.4 Å². The van der Waals surface area contributed by atoms with Gasteiger partial charge in [-0.1, -0.05) is 29.8 Å². The van der Waals surface area contributed by atoms with Gasteiger partial charge in [-0.25, -0.2) is 0 Å². The van der Waals surface area contributed by atoms with Crippen LogP contribution >= 0.6 is 22.9 Å². The maximum atomic E-state index is 11.6. The largest absolute Gasteiger partial charge is 0.273 e. The minimum Gasteiger partial charge on any atom is -0.273 e. The molecule has 0 radical (unpaired) electrons. The zero-order valence-corrected chi connectivity index (χ0v) is 12.1. The Balaban J connectivity index is 1.74. The van der Waals surface area contributed by atoms with Crippen LogP contribution in [0.2, 0.25) is 5.02 Å². The molecule has 0 fully saturated rings. The van der Waals surface area contributed by atoms with Crippen molar-refractivity contribution in [3.05, 3.63) is 57.2 Å². The number of amides is 2. The van der Waals surface area contributed by atoms with Crippen molar-refractivity contribution < 1.29 is 9.59 Å². The van der Waals surface area contributed by atoms with E-state index in [4.69, 9.17) is 11.6 Å². The Kier molecular flexibility index (Phi) is 5.15. The molecule has 104 valence electrons. The SMILES string of the molecule is O=C(Cc1ccc(Cl)cc1)NNC(=O)Cc1cccs1. The molecular formula is C14H13ClN2O2S. The number of thiophene rings is 1. The van der Waals surface area contributed by atoms with Crippen LogP contribution in [-0.2, 0) is 22.4 Å². The summed E-state index contributed by atoms with van der Waals surface area (Å²) in [4.78, 5) is 24.2. The number of benzene rings is 1. The summed E-state index contributed by atoms with van der Waals surface area (Å²) >= 11 is 7.27. The lowest BCUT2D eigenvalue weighted by molar-refractivity contribution is -0.128. The number of hydrazine groups is 1. The molecule has 0 saturated carbocycles. The van der Waals surface area contributed by atoms with Crippen molar-refractivity contribution in [1.82, 2.24) is 10.9 Å². The Morgan fingerprint density at radius 1 is 1.00 bits per heavy atom. The van der Waals surface area contributed by atoms with Gasteiger partial charge in [0.25, 0.3) is 0 Å². The summed E-state index contributed by atoms with van der Waals surface area (Å²) in [5.74, 6) is -0.510. The van der Waals surface area contributed by atoms with Gasteiger partial charge < -0.3 is 0 Å². The molecule has 0 bridgehead atoms. The summed E-state index contributed by atoms with van der Waals surface area (Å²) < 4.78 is 0. The number of halogens is 1. The van der Waals surface area contributed by atoms with Crippen molar-refractivity contribution >= 4 is 34.8 Å². The monoisotopic (exact) mass is 308 g/mol. The molecule has 0 atom stereocenters. The maximum absolute atomic E-state index is 11.6. The first-order valence-corrected chi connectivity index (χ1v) is 7.24. The summed E-state index contributed by atoms with van der Waals surface area (Å²) in [5, 5.41) is 2.53. The molecule has 0 unspecified atom stereocenters. The first kappa shape index (κ1) is 14.6. The fourth-order valence-electron chi connectivity index (χ4n) is 1.59. The lowest BCUT2D eigenvalue weighted by Gasteiger charge is -2.07. The van der Waals surface area contributed by atoms with Gasteiger partial charge in [0.2, 0.25) is 11.8 Å². The third-order valence-electron chi connectivity index (χ3n) is 2.53. The minimum atomic E-state index is -0.271. The van der Waals surface area contributed by atoms with Crippen LogP contribution < -0.4 is 10.9 Å². The molecule has 1 heterocycles. The smallest absolute Gasteiger partial charge is 0.243 e. The molecular weight excluding hydrogens is 296 g/mol. The van der Waals surface area contributed by atoms with Crippen molar-refractivity contribution in [1.29, 1.82) is 0 Å². The van der Waals surface area contributed by atoms with Crippen LogP contribution in [0, 0.1) is 0 Å². The van der Waals surface area contributed by atoms with Gasteiger partial charge >= 0.3 is 0 Å². The standard InChI is InChI=1S/C14H13ClN2O2S/c15-11-5-3-10(4-6-11)8-13(18)16-17-14(19)9-12-2-1-7-20-12/h1-7H,8-9H2,(H,16,18)(H,17,19). The van der Waals surface area contributed by atoms with Gasteiger partial charge in [-0.05, 0) is 29.1 Å². The summed E-state index contributed by atoms with van der Waals surface area (Å²) in [6, 6.07) is 10.7. The second-order valence-electron chi connectivity index (χ2n) is 4.16. The van der Waals surface area contributed by atoms with Crippen LogP contribution in [0.5, 0.6) is 0 Å². The topological polar surface area (TPSA) is 58.2 Å². The van der Waals surface area contributed by atoms with Gasteiger partial charge in [-0.2, -0.15) is 0 Å². The van der Waals surface area contributed by atoms with Crippen molar-refractivity contribution in [2.75, 3.05) is 0 Å². The Morgan fingerprint density at radius 2 is 1.65 bits per heavy atom. The molecule has 4 nitrogen and oxygen atoms in total. The van der Waals surface area contributed by atoms with Gasteiger partial charge in [0.1, 0.15) is 0 Å². The highest BCUT2D eigenvalue weighted by Gasteiger charge is 2.07. The van der Waals surface area contributed by atoms with Crippen molar-refractivity contribution in [3.8, 4) is 0 Å². The van der Waals surface area contributed by atoms with Gasteiger partial charge in [0, 0.05) is 9.90 Å². The number of hydrogen-bond donors (Lipinski definition) is 2. The van der Waals surface area contributed by atoms with Crippen molar-refractivity contribution in [3.63, 3.8) is 0 Å². The molecule has 0 aliphatic rings. The van der Waals surface area contributed by atoms with Crippen LogP contribution in [0.4, 0.5) is 0 Å². The average molecular weight is 309 g/mol. The van der Waals surface area contributed by atoms with E-state index in [-0.39, 0.29) is 24.7 Å². The summed E-state index contributed by atoms with van der Waals surface area (Å²) in [6.07, 6.45) is 0.454. The predicted molar refractivity (Wildman–Crippen MR) is 79.5 cm³/mol. The molecule has 0 saturated heterocycles. The number of carbonyl (C=O) groups is 2. The lowest BCUT2D eigenvalue weighted by Crippen LogP contribution is -2.43. The molecule has 0 spiro atoms. The van der Waals surface area contributed by atoms with Crippen LogP contribution in [-0.4, -0.2) is 11.8 Å². The molecule has 1 aromatic heterocycles. The molecule has 2 N–H and O–H groups in total. The number of nitrogens with one attached hydrogen (secondary N) is 2. The van der Waals surface area contributed by atoms with Crippen molar-refractivity contribution in [2.45, 2.75) is 12.8 Å². The Morgan fingerprint density at radius 3 is 2.25 bits per heavy atom. The van der Waals surface area contributed by atoms with Gasteiger partial charge in [0.15, 0.2) is 0 Å². The zero-order valence-electron chi connectivity index (χ0n) is 10.6. The van der Waals surface area contributed by atoms with Crippen molar-refractivity contribution in [2.24, 2.45) is 0 Å². The maximum Gasteiger partial charge on any atom is 0.243 e. The van der Waals surface area contributed by atoms with Gasteiger partial charge in [-0.3, -0.25) is 20.4 Å². The van der Waals surface area contributed by atoms with E-state index in [0.29, 0.717) is 5.02 Å². The van der Waals surface area contributed by atoms with Gasteiger partial charge in [-0.15, -0.1) is 11.3 Å². The highest BCUT2D eigenvalue weighted by Crippen LogP contribution is 2.10. The fraction of sp³-hybridized carbons (Fsp3) is 0.143. The number of hydrogen-bond acceptors (Lipinski definition) is 3. The van der Waals surface area contributed by atoms with Crippen LogP contribution in [0.25, 0.3) is 0 Å². The van der Waals surface area contributed by atoms with Crippen LogP contribution in [0.3, 0.4) is 0 Å². The first-order valence-electron chi connectivity index (χ1n) is 5.98. The third-order valence-corrected chi connectivity index (χ3v) is 3.66. The summed E-state index contributed by atoms with van der Waals surface area (Å²) in [6.45, 7) is 0. The minimum absolute atomic E-state index is 0.191. The molecule has 2 rings (SSSR count). The quantitative estimate of drug-likeness (QED) is 0.852. The molecule has 0 aliphatic heterocycles. The van der Waals surface area contributed by atoms with Crippen LogP contribution in [0.1, 0.15) is 10.4 Å². The number of rotatable bonds is 4. The Labute approximate surface area is 125 Å². The third kappa shape index (κ3) is 4.68. The molecule has 6 heteroatoms. The van der Waals surface area contributed by atoms with E-state index in [1.807, 2.05) is 17.5 Å². The van der Waals surface area contributed by atoms with E-state index in [2.05, 4.69) is 10.9 Å². The summed E-state index contributed by atoms with van der Waals surface area (Å²) in [5.41, 5.74) is 5.62. The normalized spacial score (nSPS) is 10.1. The van der Waals surface area contributed by atoms with Crippen LogP contribution in [0.15, 0.2) is 41.8 Å². The molecule has 2 amide bonds. The van der Waals surface area contributed by atoms with E-state index >= 15 is 0 Å². The van der Waals surface area contributed by atoms with E-state index < -0.39 is 0 Å². The highest BCUT2D eigenvalue weighted by atomic mass is 35.5. The van der Waals surface area contributed by atoms with E-state index in [9.17, 15) is 9.59 Å².